The van der Waals surface area contributed by atoms with Crippen LogP contribution in [0.2, 0.25) is 0 Å². The highest BCUT2D eigenvalue weighted by atomic mass is 14.0. The van der Waals surface area contributed by atoms with Gasteiger partial charge in [-0.2, -0.15) is 0 Å². The number of hydrogen-bond acceptors (Lipinski definition) is 0. The Bertz CT molecular complexity index is 170. The van der Waals surface area contributed by atoms with Gasteiger partial charge in [0.25, 0.3) is 0 Å². The van der Waals surface area contributed by atoms with Crippen molar-refractivity contribution >= 4 is 0 Å². The molecule has 1 aliphatic carbocycles. The summed E-state index contributed by atoms with van der Waals surface area (Å²) in [6.07, 6.45) is 4.68. The van der Waals surface area contributed by atoms with E-state index in [-0.39, 0.29) is 0 Å². The Morgan fingerprint density at radius 3 is 2.00 bits per heavy atom. The van der Waals surface area contributed by atoms with Crippen LogP contribution < -0.4 is 0 Å². The SMILES string of the molecule is C=C1C=C=CC(=C)C1. The number of hydrogen-bond donors (Lipinski definition) is 0. The standard InChI is InChI=1S/C8H8/c1-7-4-3-5-8(2)6-7/h4-5H,1-2,6H2. The Morgan fingerprint density at radius 2 is 1.75 bits per heavy atom. The summed E-state index contributed by atoms with van der Waals surface area (Å²) >= 11 is 0. The third kappa shape index (κ3) is 0.988. The monoisotopic (exact) mass is 104 g/mol. The summed E-state index contributed by atoms with van der Waals surface area (Å²) in [6, 6.07) is 0. The van der Waals surface area contributed by atoms with E-state index >= 15 is 0 Å². The molecule has 1 aliphatic rings. The first kappa shape index (κ1) is 5.14. The second-order valence-electron chi connectivity index (χ2n) is 1.95. The first-order valence-corrected chi connectivity index (χ1v) is 2.57. The van der Waals surface area contributed by atoms with Crippen molar-refractivity contribution in [1.82, 2.24) is 0 Å². The highest BCUT2D eigenvalue weighted by molar-refractivity contribution is 5.31. The molecule has 0 nitrogen and oxygen atoms in total. The van der Waals surface area contributed by atoms with Crippen molar-refractivity contribution in [2.45, 2.75) is 6.42 Å². The van der Waals surface area contributed by atoms with Crippen LogP contribution in [0.15, 0.2) is 42.2 Å². The van der Waals surface area contributed by atoms with Gasteiger partial charge in [-0.25, -0.2) is 0 Å². The smallest absolute Gasteiger partial charge is 0.00253 e. The van der Waals surface area contributed by atoms with E-state index in [1.54, 1.807) is 0 Å². The molecule has 0 aliphatic heterocycles. The minimum Gasteiger partial charge on any atom is -0.120 e. The quantitative estimate of drug-likeness (QED) is 0.413. The van der Waals surface area contributed by atoms with Crippen LogP contribution in [0.25, 0.3) is 0 Å². The van der Waals surface area contributed by atoms with E-state index in [2.05, 4.69) is 18.9 Å². The van der Waals surface area contributed by atoms with Crippen LogP contribution in [0, 0.1) is 0 Å². The maximum Gasteiger partial charge on any atom is -0.00253 e. The van der Waals surface area contributed by atoms with E-state index < -0.39 is 0 Å². The third-order valence-electron chi connectivity index (χ3n) is 1.03. The average Bonchev–Trinajstić information content (AvgIpc) is 1.64. The van der Waals surface area contributed by atoms with E-state index in [1.165, 1.54) is 0 Å². The van der Waals surface area contributed by atoms with Crippen LogP contribution in [0.5, 0.6) is 0 Å². The molecule has 0 aromatic rings. The molecule has 0 saturated carbocycles. The molecule has 0 spiro atoms. The summed E-state index contributed by atoms with van der Waals surface area (Å²) in [5.41, 5.74) is 5.12. The summed E-state index contributed by atoms with van der Waals surface area (Å²) in [4.78, 5) is 0. The first-order chi connectivity index (χ1) is 3.79. The summed E-state index contributed by atoms with van der Waals surface area (Å²) in [7, 11) is 0. The number of allylic oxidation sites excluding steroid dienone is 3. The number of rotatable bonds is 0. The summed E-state index contributed by atoms with van der Waals surface area (Å²) in [6.45, 7) is 7.53. The predicted octanol–water partition coefficient (Wildman–Crippen LogP) is 2.21. The van der Waals surface area contributed by atoms with Gasteiger partial charge in [-0.15, -0.1) is 5.73 Å². The van der Waals surface area contributed by atoms with E-state index in [1.807, 2.05) is 12.2 Å². The van der Waals surface area contributed by atoms with Crippen LogP contribution in [0.3, 0.4) is 0 Å². The van der Waals surface area contributed by atoms with Crippen LogP contribution >= 0.6 is 0 Å². The largest absolute Gasteiger partial charge is 0.120 e. The second kappa shape index (κ2) is 1.85. The molecular weight excluding hydrogens is 96.1 g/mol. The van der Waals surface area contributed by atoms with Gasteiger partial charge in [0.1, 0.15) is 0 Å². The molecule has 0 fully saturated rings. The van der Waals surface area contributed by atoms with Crippen molar-refractivity contribution in [3.05, 3.63) is 42.2 Å². The van der Waals surface area contributed by atoms with Gasteiger partial charge in [-0.1, -0.05) is 13.2 Å². The molecule has 0 bridgehead atoms. The molecular formula is C8H8. The first-order valence-electron chi connectivity index (χ1n) is 2.57. The highest BCUT2D eigenvalue weighted by Crippen LogP contribution is 2.12. The Balaban J connectivity index is 2.92. The molecule has 0 aromatic carbocycles. The fourth-order valence-electron chi connectivity index (χ4n) is 0.671. The van der Waals surface area contributed by atoms with E-state index in [9.17, 15) is 0 Å². The molecule has 1 rings (SSSR count). The van der Waals surface area contributed by atoms with Gasteiger partial charge in [-0.3, -0.25) is 0 Å². The van der Waals surface area contributed by atoms with Crippen molar-refractivity contribution in [3.63, 3.8) is 0 Å². The minimum absolute atomic E-state index is 0.910. The molecule has 0 heterocycles. The van der Waals surface area contributed by atoms with Crippen LogP contribution in [0.1, 0.15) is 6.42 Å². The van der Waals surface area contributed by atoms with Crippen LogP contribution in [-0.2, 0) is 0 Å². The normalized spacial score (nSPS) is 17.5. The lowest BCUT2D eigenvalue weighted by Gasteiger charge is -2.00. The molecule has 8 heavy (non-hydrogen) atoms. The summed E-state index contributed by atoms with van der Waals surface area (Å²) in [5, 5.41) is 0. The second-order valence-corrected chi connectivity index (χ2v) is 1.95. The third-order valence-corrected chi connectivity index (χ3v) is 1.03. The molecule has 0 saturated heterocycles. The Labute approximate surface area is 49.5 Å². The molecule has 0 aromatic heterocycles. The van der Waals surface area contributed by atoms with Gasteiger partial charge >= 0.3 is 0 Å². The zero-order valence-corrected chi connectivity index (χ0v) is 4.78. The predicted molar refractivity (Wildman–Crippen MR) is 35.5 cm³/mol. The topological polar surface area (TPSA) is 0 Å². The van der Waals surface area contributed by atoms with Gasteiger partial charge in [0.15, 0.2) is 0 Å². The van der Waals surface area contributed by atoms with Gasteiger partial charge in [-0.05, 0) is 29.7 Å². The van der Waals surface area contributed by atoms with Crippen LogP contribution in [0.4, 0.5) is 0 Å². The fourth-order valence-corrected chi connectivity index (χ4v) is 0.671. The van der Waals surface area contributed by atoms with Crippen molar-refractivity contribution in [3.8, 4) is 0 Å². The van der Waals surface area contributed by atoms with Crippen molar-refractivity contribution in [2.75, 3.05) is 0 Å². The Kier molecular flexibility index (Phi) is 1.19. The zero-order chi connectivity index (χ0) is 5.98. The molecule has 0 unspecified atom stereocenters. The molecule has 0 N–H and O–H groups in total. The highest BCUT2D eigenvalue weighted by Gasteiger charge is 1.93. The summed E-state index contributed by atoms with van der Waals surface area (Å²) in [5.74, 6) is 0. The van der Waals surface area contributed by atoms with Gasteiger partial charge in [0.05, 0.1) is 0 Å². The van der Waals surface area contributed by atoms with E-state index in [4.69, 9.17) is 0 Å². The lowest BCUT2D eigenvalue weighted by Crippen LogP contribution is -1.81. The van der Waals surface area contributed by atoms with Gasteiger partial charge < -0.3 is 0 Å². The minimum atomic E-state index is 0.910. The fraction of sp³-hybridized carbons (Fsp3) is 0.125. The molecule has 0 atom stereocenters. The van der Waals surface area contributed by atoms with Crippen molar-refractivity contribution in [2.24, 2.45) is 0 Å². The average molecular weight is 104 g/mol. The molecule has 0 heteroatoms. The Hall–Kier alpha value is -1.00. The van der Waals surface area contributed by atoms with E-state index in [0.717, 1.165) is 17.6 Å². The molecule has 0 radical (unpaired) electrons. The van der Waals surface area contributed by atoms with Crippen LogP contribution in [-0.4, -0.2) is 0 Å². The van der Waals surface area contributed by atoms with Gasteiger partial charge in [0.2, 0.25) is 0 Å². The zero-order valence-electron chi connectivity index (χ0n) is 4.78. The van der Waals surface area contributed by atoms with E-state index in [0.29, 0.717) is 0 Å². The van der Waals surface area contributed by atoms with Crippen molar-refractivity contribution in [1.29, 1.82) is 0 Å². The van der Waals surface area contributed by atoms with Gasteiger partial charge in [0, 0.05) is 0 Å². The molecule has 40 valence electrons. The molecule has 0 amide bonds. The van der Waals surface area contributed by atoms with Crippen molar-refractivity contribution < 1.29 is 0 Å². The lowest BCUT2D eigenvalue weighted by molar-refractivity contribution is 1.21. The lowest BCUT2D eigenvalue weighted by atomic mass is 10.0. The maximum absolute atomic E-state index is 3.77. The maximum atomic E-state index is 3.77. The summed E-state index contributed by atoms with van der Waals surface area (Å²) < 4.78 is 0. The Morgan fingerprint density at radius 1 is 1.25 bits per heavy atom.